The summed E-state index contributed by atoms with van der Waals surface area (Å²) >= 11 is 3.42. The molecule has 0 radical (unpaired) electrons. The van der Waals surface area contributed by atoms with Crippen molar-refractivity contribution >= 4 is 38.6 Å². The molecule has 3 heterocycles. The van der Waals surface area contributed by atoms with Crippen LogP contribution in [-0.2, 0) is 13.6 Å². The lowest BCUT2D eigenvalue weighted by Crippen LogP contribution is -2.28. The molecule has 2 N–H and O–H groups in total. The van der Waals surface area contributed by atoms with Gasteiger partial charge in [-0.1, -0.05) is 15.9 Å². The molecular formula is C17H17BrN6O2. The maximum atomic E-state index is 12.2. The fourth-order valence-electron chi connectivity index (χ4n) is 3.07. The minimum Gasteiger partial charge on any atom is -0.383 e. The molecule has 1 aromatic carbocycles. The molecule has 8 nitrogen and oxygen atoms in total. The first-order valence-electron chi connectivity index (χ1n) is 8.12. The Labute approximate surface area is 156 Å². The molecule has 26 heavy (non-hydrogen) atoms. The van der Waals surface area contributed by atoms with Crippen molar-refractivity contribution in [2.75, 3.05) is 11.9 Å². The van der Waals surface area contributed by atoms with Gasteiger partial charge < -0.3 is 9.88 Å². The summed E-state index contributed by atoms with van der Waals surface area (Å²) in [4.78, 5) is 30.9. The van der Waals surface area contributed by atoms with E-state index in [1.165, 1.54) is 4.57 Å². The Morgan fingerprint density at radius 1 is 1.23 bits per heavy atom. The highest BCUT2D eigenvalue weighted by molar-refractivity contribution is 9.10. The fraction of sp³-hybridized carbons (Fsp3) is 0.235. The van der Waals surface area contributed by atoms with Crippen molar-refractivity contribution in [3.05, 3.63) is 61.5 Å². The number of benzene rings is 1. The van der Waals surface area contributed by atoms with Crippen molar-refractivity contribution < 1.29 is 0 Å². The van der Waals surface area contributed by atoms with Gasteiger partial charge in [0.1, 0.15) is 0 Å². The molecule has 0 fully saturated rings. The summed E-state index contributed by atoms with van der Waals surface area (Å²) in [6.45, 7) is 3.34. The molecule has 0 saturated carbocycles. The van der Waals surface area contributed by atoms with Gasteiger partial charge in [0.2, 0.25) is 5.78 Å². The average Bonchev–Trinajstić information content (AvgIpc) is 3.11. The van der Waals surface area contributed by atoms with Crippen LogP contribution in [0.2, 0.25) is 0 Å². The SMILES string of the molecule is Cc1cn2c3c(=O)[nH]c(=O)n(C)c3nc2n1CCNc1ccc(Br)cc1. The third-order valence-electron chi connectivity index (χ3n) is 4.42. The molecule has 134 valence electrons. The zero-order chi connectivity index (χ0) is 18.4. The number of anilines is 1. The lowest BCUT2D eigenvalue weighted by atomic mass is 10.3. The Balaban J connectivity index is 1.70. The molecule has 0 spiro atoms. The topological polar surface area (TPSA) is 89.1 Å². The summed E-state index contributed by atoms with van der Waals surface area (Å²) in [5.41, 5.74) is 1.87. The standard InChI is InChI=1S/C17H17BrN6O2/c1-10-9-24-13-14(22(2)17(26)21-15(13)25)20-16(24)23(10)8-7-19-12-5-3-11(18)4-6-12/h3-6,9,19H,7-8H2,1-2H3,(H,21,25,26). The number of halogens is 1. The lowest BCUT2D eigenvalue weighted by molar-refractivity contribution is 0.724. The second-order valence-corrected chi connectivity index (χ2v) is 7.04. The second-order valence-electron chi connectivity index (χ2n) is 6.13. The van der Waals surface area contributed by atoms with Gasteiger partial charge in [0.15, 0.2) is 11.2 Å². The quantitative estimate of drug-likeness (QED) is 0.531. The maximum Gasteiger partial charge on any atom is 0.329 e. The highest BCUT2D eigenvalue weighted by Crippen LogP contribution is 2.17. The average molecular weight is 417 g/mol. The third-order valence-corrected chi connectivity index (χ3v) is 4.95. The predicted octanol–water partition coefficient (Wildman–Crippen LogP) is 1.86. The Kier molecular flexibility index (Phi) is 3.95. The van der Waals surface area contributed by atoms with Crippen LogP contribution < -0.4 is 16.6 Å². The van der Waals surface area contributed by atoms with E-state index in [1.807, 2.05) is 42.0 Å². The highest BCUT2D eigenvalue weighted by atomic mass is 79.9. The lowest BCUT2D eigenvalue weighted by Gasteiger charge is -2.09. The molecule has 0 atom stereocenters. The van der Waals surface area contributed by atoms with E-state index in [-0.39, 0.29) is 0 Å². The van der Waals surface area contributed by atoms with E-state index in [0.29, 0.717) is 30.0 Å². The smallest absolute Gasteiger partial charge is 0.329 e. The Hall–Kier alpha value is -2.81. The molecule has 4 rings (SSSR count). The van der Waals surface area contributed by atoms with Gasteiger partial charge in [0, 0.05) is 42.2 Å². The number of aryl methyl sites for hydroxylation is 2. The van der Waals surface area contributed by atoms with Crippen LogP contribution in [0.1, 0.15) is 5.69 Å². The highest BCUT2D eigenvalue weighted by Gasteiger charge is 2.17. The van der Waals surface area contributed by atoms with Crippen LogP contribution in [0.3, 0.4) is 0 Å². The molecule has 0 saturated heterocycles. The van der Waals surface area contributed by atoms with Crippen LogP contribution in [0.25, 0.3) is 16.9 Å². The van der Waals surface area contributed by atoms with E-state index in [4.69, 9.17) is 0 Å². The number of nitrogens with one attached hydrogen (secondary N) is 2. The Morgan fingerprint density at radius 2 is 1.96 bits per heavy atom. The molecule has 0 bridgehead atoms. The number of nitrogens with zero attached hydrogens (tertiary/aromatic N) is 4. The monoisotopic (exact) mass is 416 g/mol. The number of hydrogen-bond donors (Lipinski definition) is 2. The van der Waals surface area contributed by atoms with Gasteiger partial charge in [-0.25, -0.2) is 4.79 Å². The van der Waals surface area contributed by atoms with Crippen LogP contribution in [0.5, 0.6) is 0 Å². The first-order valence-corrected chi connectivity index (χ1v) is 8.91. The molecule has 0 aliphatic heterocycles. The summed E-state index contributed by atoms with van der Waals surface area (Å²) < 4.78 is 6.15. The molecule has 0 amide bonds. The molecule has 9 heteroatoms. The van der Waals surface area contributed by atoms with Crippen LogP contribution >= 0.6 is 15.9 Å². The summed E-state index contributed by atoms with van der Waals surface area (Å²) in [5, 5.41) is 3.37. The van der Waals surface area contributed by atoms with Crippen molar-refractivity contribution in [2.45, 2.75) is 13.5 Å². The Morgan fingerprint density at radius 3 is 2.69 bits per heavy atom. The number of aromatic amines is 1. The number of fused-ring (bicyclic) bond motifs is 3. The summed E-state index contributed by atoms with van der Waals surface area (Å²) in [7, 11) is 1.60. The largest absolute Gasteiger partial charge is 0.383 e. The van der Waals surface area contributed by atoms with Gasteiger partial charge in [0.05, 0.1) is 0 Å². The zero-order valence-electron chi connectivity index (χ0n) is 14.3. The van der Waals surface area contributed by atoms with Crippen LogP contribution in [0, 0.1) is 6.92 Å². The molecule has 0 unspecified atom stereocenters. The van der Waals surface area contributed by atoms with Gasteiger partial charge >= 0.3 is 5.69 Å². The van der Waals surface area contributed by atoms with Gasteiger partial charge in [-0.3, -0.25) is 18.7 Å². The molecule has 4 aromatic rings. The van der Waals surface area contributed by atoms with E-state index >= 15 is 0 Å². The number of rotatable bonds is 4. The first-order chi connectivity index (χ1) is 12.5. The van der Waals surface area contributed by atoms with Gasteiger partial charge in [-0.2, -0.15) is 4.98 Å². The van der Waals surface area contributed by atoms with Gasteiger partial charge in [-0.15, -0.1) is 0 Å². The molecule has 0 aliphatic carbocycles. The van der Waals surface area contributed by atoms with Crippen LogP contribution in [-0.4, -0.2) is 30.0 Å². The van der Waals surface area contributed by atoms with Crippen LogP contribution in [0.15, 0.2) is 44.5 Å². The molecule has 0 aliphatic rings. The van der Waals surface area contributed by atoms with Crippen molar-refractivity contribution in [3.8, 4) is 0 Å². The second kappa shape index (κ2) is 6.17. The van der Waals surface area contributed by atoms with Gasteiger partial charge in [0.25, 0.3) is 5.56 Å². The number of H-pyrrole nitrogens is 1. The Bertz CT molecular complexity index is 1230. The van der Waals surface area contributed by atoms with Crippen molar-refractivity contribution in [3.63, 3.8) is 0 Å². The number of imidazole rings is 2. The zero-order valence-corrected chi connectivity index (χ0v) is 15.9. The fourth-order valence-corrected chi connectivity index (χ4v) is 3.34. The van der Waals surface area contributed by atoms with Crippen molar-refractivity contribution in [1.29, 1.82) is 0 Å². The maximum absolute atomic E-state index is 12.2. The predicted molar refractivity (Wildman–Crippen MR) is 104 cm³/mol. The summed E-state index contributed by atoms with van der Waals surface area (Å²) in [5.74, 6) is 0.641. The van der Waals surface area contributed by atoms with Gasteiger partial charge in [-0.05, 0) is 31.2 Å². The minimum atomic E-state index is -0.469. The number of aromatic nitrogens is 5. The summed E-state index contributed by atoms with van der Waals surface area (Å²) in [6.07, 6.45) is 1.87. The number of hydrogen-bond acceptors (Lipinski definition) is 4. The van der Waals surface area contributed by atoms with E-state index in [1.54, 1.807) is 11.4 Å². The molecule has 3 aromatic heterocycles. The summed E-state index contributed by atoms with van der Waals surface area (Å²) in [6, 6.07) is 7.97. The van der Waals surface area contributed by atoms with E-state index in [9.17, 15) is 9.59 Å². The van der Waals surface area contributed by atoms with E-state index < -0.39 is 11.2 Å². The van der Waals surface area contributed by atoms with Crippen LogP contribution in [0.4, 0.5) is 5.69 Å². The van der Waals surface area contributed by atoms with E-state index in [2.05, 4.69) is 31.2 Å². The van der Waals surface area contributed by atoms with Crippen molar-refractivity contribution in [1.82, 2.24) is 23.5 Å². The normalized spacial score (nSPS) is 11.5. The molecular weight excluding hydrogens is 400 g/mol. The minimum absolute atomic E-state index is 0.378. The first kappa shape index (κ1) is 16.6. The van der Waals surface area contributed by atoms with Crippen molar-refractivity contribution in [2.24, 2.45) is 7.05 Å². The van der Waals surface area contributed by atoms with E-state index in [0.717, 1.165) is 15.9 Å². The third kappa shape index (κ3) is 2.64.